The number of para-hydroxylation sites is 1. The number of thiazole rings is 2. The Morgan fingerprint density at radius 1 is 0.444 bits per heavy atom. The Morgan fingerprint density at radius 3 is 1.78 bits per heavy atom. The van der Waals surface area contributed by atoms with E-state index in [9.17, 15) is 0 Å². The Hall–Kier alpha value is -5.36. The van der Waals surface area contributed by atoms with E-state index < -0.39 is 0 Å². The van der Waals surface area contributed by atoms with Crippen LogP contribution in [0.2, 0.25) is 0 Å². The van der Waals surface area contributed by atoms with Crippen LogP contribution in [0.25, 0.3) is 81.7 Å². The molecule has 3 nitrogen and oxygen atoms in total. The van der Waals surface area contributed by atoms with Gasteiger partial charge in [0, 0.05) is 50.7 Å². The second-order valence-corrected chi connectivity index (χ2v) is 12.9. The van der Waals surface area contributed by atoms with E-state index in [1.165, 1.54) is 54.8 Å². The summed E-state index contributed by atoms with van der Waals surface area (Å²) in [4.78, 5) is 9.13. The second-order valence-electron chi connectivity index (χ2n) is 11.1. The molecule has 0 spiro atoms. The van der Waals surface area contributed by atoms with Crippen LogP contribution in [0.5, 0.6) is 0 Å². The summed E-state index contributed by atoms with van der Waals surface area (Å²) < 4.78 is 2.43. The standard InChI is InChI=1S/C40H25N3S2/c1-2-12-31(13-3-1)43-36-24-27(26-8-6-10-29(22-26)39-41-18-20-44-39)16-17-34(36)38-33-15-5-4-14-32(33)35(25-37(38)43)28-9-7-11-30(23-28)40-42-19-21-45-40/h1-25H. The molecule has 0 N–H and O–H groups in total. The topological polar surface area (TPSA) is 30.7 Å². The first kappa shape index (κ1) is 26.1. The molecule has 0 aliphatic rings. The third-order valence-corrected chi connectivity index (χ3v) is 10.2. The van der Waals surface area contributed by atoms with Crippen LogP contribution in [-0.2, 0) is 0 Å². The van der Waals surface area contributed by atoms with Crippen LogP contribution >= 0.6 is 22.7 Å². The highest BCUT2D eigenvalue weighted by Crippen LogP contribution is 2.43. The van der Waals surface area contributed by atoms with Crippen LogP contribution in [0.1, 0.15) is 0 Å². The number of hydrogen-bond acceptors (Lipinski definition) is 4. The molecule has 3 heterocycles. The van der Waals surface area contributed by atoms with E-state index in [0.717, 1.165) is 26.8 Å². The van der Waals surface area contributed by atoms with Crippen molar-refractivity contribution >= 4 is 55.3 Å². The van der Waals surface area contributed by atoms with Crippen molar-refractivity contribution in [1.29, 1.82) is 0 Å². The van der Waals surface area contributed by atoms with E-state index >= 15 is 0 Å². The minimum Gasteiger partial charge on any atom is -0.309 e. The minimum atomic E-state index is 1.03. The molecule has 0 saturated heterocycles. The molecule has 3 aromatic heterocycles. The zero-order valence-corrected chi connectivity index (χ0v) is 25.7. The predicted octanol–water partition coefficient (Wildman–Crippen LogP) is 11.5. The third kappa shape index (κ3) is 4.40. The number of fused-ring (bicyclic) bond motifs is 5. The molecule has 0 amide bonds. The maximum atomic E-state index is 4.58. The van der Waals surface area contributed by atoms with Gasteiger partial charge in [-0.2, -0.15) is 0 Å². The summed E-state index contributed by atoms with van der Waals surface area (Å²) >= 11 is 3.34. The first-order valence-electron chi connectivity index (χ1n) is 14.9. The first-order valence-corrected chi connectivity index (χ1v) is 16.6. The van der Waals surface area contributed by atoms with Gasteiger partial charge in [0.2, 0.25) is 0 Å². The number of aromatic nitrogens is 3. The zero-order chi connectivity index (χ0) is 29.7. The maximum Gasteiger partial charge on any atom is 0.123 e. The molecule has 0 aliphatic heterocycles. The largest absolute Gasteiger partial charge is 0.309 e. The summed E-state index contributed by atoms with van der Waals surface area (Å²) in [5, 5.41) is 11.1. The maximum absolute atomic E-state index is 4.58. The van der Waals surface area contributed by atoms with Gasteiger partial charge in [-0.3, -0.25) is 0 Å². The van der Waals surface area contributed by atoms with Gasteiger partial charge in [-0.25, -0.2) is 9.97 Å². The normalized spacial score (nSPS) is 11.6. The summed E-state index contributed by atoms with van der Waals surface area (Å²) in [5.41, 5.74) is 10.6. The molecular formula is C40H25N3S2. The fraction of sp³-hybridized carbons (Fsp3) is 0. The first-order chi connectivity index (χ1) is 22.3. The molecule has 0 unspecified atom stereocenters. The molecule has 0 aliphatic carbocycles. The van der Waals surface area contributed by atoms with Crippen molar-refractivity contribution in [2.75, 3.05) is 0 Å². The van der Waals surface area contributed by atoms with Gasteiger partial charge in [0.1, 0.15) is 10.0 Å². The summed E-state index contributed by atoms with van der Waals surface area (Å²) in [6.07, 6.45) is 3.74. The number of rotatable bonds is 5. The molecule has 0 radical (unpaired) electrons. The van der Waals surface area contributed by atoms with Crippen molar-refractivity contribution < 1.29 is 0 Å². The SMILES string of the molecule is c1ccc(-n2c3cc(-c4cccc(-c5nccs5)c4)ccc3c3c4ccccc4c(-c4cccc(-c5nccs5)c4)cc32)cc1. The molecule has 0 fully saturated rings. The lowest BCUT2D eigenvalue weighted by atomic mass is 9.93. The molecule has 212 valence electrons. The summed E-state index contributed by atoms with van der Waals surface area (Å²) in [7, 11) is 0. The number of nitrogens with zero attached hydrogens (tertiary/aromatic N) is 3. The van der Waals surface area contributed by atoms with Crippen LogP contribution in [0.15, 0.2) is 151 Å². The van der Waals surface area contributed by atoms with E-state index in [1.54, 1.807) is 22.7 Å². The Labute approximate surface area is 268 Å². The van der Waals surface area contributed by atoms with E-state index in [2.05, 4.69) is 142 Å². The molecule has 0 bridgehead atoms. The second kappa shape index (κ2) is 10.7. The monoisotopic (exact) mass is 611 g/mol. The van der Waals surface area contributed by atoms with E-state index in [0.29, 0.717) is 0 Å². The van der Waals surface area contributed by atoms with Crippen molar-refractivity contribution in [2.24, 2.45) is 0 Å². The zero-order valence-electron chi connectivity index (χ0n) is 24.1. The van der Waals surface area contributed by atoms with E-state index in [-0.39, 0.29) is 0 Å². The van der Waals surface area contributed by atoms with Gasteiger partial charge in [-0.1, -0.05) is 91.0 Å². The molecule has 5 heteroatoms. The van der Waals surface area contributed by atoms with Crippen LogP contribution in [0.3, 0.4) is 0 Å². The molecule has 6 aromatic carbocycles. The van der Waals surface area contributed by atoms with Crippen molar-refractivity contribution in [1.82, 2.24) is 14.5 Å². The highest BCUT2D eigenvalue weighted by molar-refractivity contribution is 7.13. The van der Waals surface area contributed by atoms with Crippen molar-refractivity contribution in [3.8, 4) is 49.1 Å². The Balaban J connectivity index is 1.34. The van der Waals surface area contributed by atoms with Crippen LogP contribution < -0.4 is 0 Å². The Bertz CT molecular complexity index is 2470. The molecule has 0 saturated carbocycles. The van der Waals surface area contributed by atoms with Gasteiger partial charge in [0.25, 0.3) is 0 Å². The average Bonchev–Trinajstić information content (AvgIpc) is 3.90. The van der Waals surface area contributed by atoms with E-state index in [1.807, 2.05) is 23.2 Å². The predicted molar refractivity (Wildman–Crippen MR) is 191 cm³/mol. The summed E-state index contributed by atoms with van der Waals surface area (Å²) in [6, 6.07) is 46.3. The Morgan fingerprint density at radius 2 is 1.07 bits per heavy atom. The van der Waals surface area contributed by atoms with Crippen LogP contribution in [0.4, 0.5) is 0 Å². The van der Waals surface area contributed by atoms with Crippen molar-refractivity contribution in [2.45, 2.75) is 0 Å². The van der Waals surface area contributed by atoms with Gasteiger partial charge < -0.3 is 4.57 Å². The fourth-order valence-electron chi connectivity index (χ4n) is 6.54. The molecule has 9 rings (SSSR count). The molecule has 0 atom stereocenters. The van der Waals surface area contributed by atoms with Crippen LogP contribution in [0, 0.1) is 0 Å². The average molecular weight is 612 g/mol. The van der Waals surface area contributed by atoms with Crippen molar-refractivity contribution in [3.63, 3.8) is 0 Å². The lowest BCUT2D eigenvalue weighted by molar-refractivity contribution is 1.18. The number of benzene rings is 6. The third-order valence-electron chi connectivity index (χ3n) is 8.52. The highest BCUT2D eigenvalue weighted by Gasteiger charge is 2.19. The molecular weight excluding hydrogens is 587 g/mol. The van der Waals surface area contributed by atoms with Gasteiger partial charge in [-0.05, 0) is 69.4 Å². The van der Waals surface area contributed by atoms with Gasteiger partial charge >= 0.3 is 0 Å². The van der Waals surface area contributed by atoms with Crippen molar-refractivity contribution in [3.05, 3.63) is 151 Å². The smallest absolute Gasteiger partial charge is 0.123 e. The van der Waals surface area contributed by atoms with Gasteiger partial charge in [0.05, 0.1) is 11.0 Å². The minimum absolute atomic E-state index is 1.03. The van der Waals surface area contributed by atoms with Gasteiger partial charge in [-0.15, -0.1) is 22.7 Å². The number of hydrogen-bond donors (Lipinski definition) is 0. The van der Waals surface area contributed by atoms with Crippen LogP contribution in [-0.4, -0.2) is 14.5 Å². The van der Waals surface area contributed by atoms with Gasteiger partial charge in [0.15, 0.2) is 0 Å². The highest BCUT2D eigenvalue weighted by atomic mass is 32.1. The Kier molecular flexibility index (Phi) is 6.18. The summed E-state index contributed by atoms with van der Waals surface area (Å²) in [5.74, 6) is 0. The lowest BCUT2D eigenvalue weighted by Gasteiger charge is -2.13. The lowest BCUT2D eigenvalue weighted by Crippen LogP contribution is -1.94. The quantitative estimate of drug-likeness (QED) is 0.194. The molecule has 9 aromatic rings. The fourth-order valence-corrected chi connectivity index (χ4v) is 7.81. The van der Waals surface area contributed by atoms with E-state index in [4.69, 9.17) is 0 Å². The molecule has 45 heavy (non-hydrogen) atoms. The summed E-state index contributed by atoms with van der Waals surface area (Å²) in [6.45, 7) is 0.